The monoisotopic (exact) mass is 766 g/mol. The van der Waals surface area contributed by atoms with Gasteiger partial charge in [0.25, 0.3) is 5.91 Å². The first-order valence-corrected chi connectivity index (χ1v) is 20.0. The number of likely N-dealkylation sites (tertiary alicyclic amines) is 1. The Hall–Kier alpha value is -6.57. The Morgan fingerprint density at radius 3 is 1.72 bits per heavy atom. The summed E-state index contributed by atoms with van der Waals surface area (Å²) in [6.07, 6.45) is 3.69. The Bertz CT molecular complexity index is 2720. The van der Waals surface area contributed by atoms with Crippen molar-refractivity contribution in [3.05, 3.63) is 174 Å². The number of hydrogen-bond acceptors (Lipinski definition) is 6. The molecule has 0 atom stereocenters. The van der Waals surface area contributed by atoms with Crippen molar-refractivity contribution in [3.8, 4) is 33.8 Å². The van der Waals surface area contributed by atoms with Gasteiger partial charge in [0.15, 0.2) is 0 Å². The largest absolute Gasteiger partial charge is 0.497 e. The molecule has 0 aliphatic carbocycles. The maximum atomic E-state index is 14.8. The van der Waals surface area contributed by atoms with Crippen molar-refractivity contribution in [2.24, 2.45) is 0 Å². The van der Waals surface area contributed by atoms with Crippen molar-refractivity contribution in [3.63, 3.8) is 0 Å². The van der Waals surface area contributed by atoms with E-state index in [1.165, 1.54) is 12.8 Å². The molecular formula is C51H46N2O5. The number of rotatable bonds is 13. The molecule has 7 nitrogen and oxygen atoms in total. The van der Waals surface area contributed by atoms with Crippen LogP contribution in [0.2, 0.25) is 0 Å². The molecule has 6 aromatic carbocycles. The molecule has 3 heterocycles. The molecule has 1 saturated heterocycles. The number of amides is 1. The van der Waals surface area contributed by atoms with Crippen molar-refractivity contribution >= 4 is 33.5 Å². The summed E-state index contributed by atoms with van der Waals surface area (Å²) in [5, 5.41) is 2.06. The van der Waals surface area contributed by atoms with Crippen LogP contribution in [0.3, 0.4) is 0 Å². The van der Waals surface area contributed by atoms with Gasteiger partial charge in [-0.2, -0.15) is 0 Å². The number of benzene rings is 6. The summed E-state index contributed by atoms with van der Waals surface area (Å²) in [7, 11) is 3.36. The highest BCUT2D eigenvalue weighted by Gasteiger charge is 2.23. The first kappa shape index (κ1) is 37.0. The fourth-order valence-electron chi connectivity index (χ4n) is 8.24. The second-order valence-corrected chi connectivity index (χ2v) is 15.1. The van der Waals surface area contributed by atoms with E-state index in [1.54, 1.807) is 14.2 Å². The Morgan fingerprint density at radius 2 is 1.14 bits per heavy atom. The summed E-state index contributed by atoms with van der Waals surface area (Å²) in [6, 6.07) is 49.0. The molecule has 1 aliphatic rings. The first-order chi connectivity index (χ1) is 28.5. The fourth-order valence-corrected chi connectivity index (χ4v) is 8.24. The van der Waals surface area contributed by atoms with Crippen LogP contribution in [0, 0.1) is 0 Å². The van der Waals surface area contributed by atoms with Crippen molar-refractivity contribution in [2.75, 3.05) is 45.3 Å². The number of para-hydroxylation sites is 2. The van der Waals surface area contributed by atoms with E-state index in [9.17, 15) is 4.79 Å². The molecule has 0 saturated carbocycles. The lowest BCUT2D eigenvalue weighted by Gasteiger charge is -2.26. The number of nitrogens with zero attached hydrogens (tertiary/aromatic N) is 2. The standard InChI is InChI=1S/C51H46N2O5/c1-55-43-19-5-11-35(27-43)29-45-33-39-15-9-21-47(49(39)57-45)37-13-7-17-41(31-37)51(54)53(26-25-52-23-3-4-24-52)42-18-8-14-38(32-42)48-22-10-16-40-34-46(58-50(40)48)30-36-12-6-20-44(28-36)56-2/h5-22,27-28,31-34H,3-4,23-26,29-30H2,1-2H3. The van der Waals surface area contributed by atoms with Crippen LogP contribution in [-0.2, 0) is 12.8 Å². The van der Waals surface area contributed by atoms with E-state index in [1.807, 2.05) is 77.7 Å². The zero-order chi connectivity index (χ0) is 39.4. The predicted octanol–water partition coefficient (Wildman–Crippen LogP) is 11.5. The third kappa shape index (κ3) is 7.86. The van der Waals surface area contributed by atoms with Gasteiger partial charge < -0.3 is 28.1 Å². The lowest BCUT2D eigenvalue weighted by Crippen LogP contribution is -2.38. The van der Waals surface area contributed by atoms with Gasteiger partial charge in [-0.3, -0.25) is 4.79 Å². The summed E-state index contributed by atoms with van der Waals surface area (Å²) in [5.74, 6) is 3.36. The average Bonchev–Trinajstić information content (AvgIpc) is 4.04. The lowest BCUT2D eigenvalue weighted by atomic mass is 10.00. The van der Waals surface area contributed by atoms with Crippen molar-refractivity contribution in [1.82, 2.24) is 4.90 Å². The molecule has 0 N–H and O–H groups in total. The third-order valence-electron chi connectivity index (χ3n) is 11.2. The van der Waals surface area contributed by atoms with Crippen molar-refractivity contribution in [2.45, 2.75) is 25.7 Å². The zero-order valence-corrected chi connectivity index (χ0v) is 32.9. The summed E-state index contributed by atoms with van der Waals surface area (Å²) in [4.78, 5) is 19.2. The topological polar surface area (TPSA) is 68.3 Å². The van der Waals surface area contributed by atoms with Gasteiger partial charge in [0.1, 0.15) is 34.2 Å². The molecule has 8 aromatic rings. The minimum Gasteiger partial charge on any atom is -0.497 e. The van der Waals surface area contributed by atoms with Crippen LogP contribution in [0.25, 0.3) is 44.2 Å². The second-order valence-electron chi connectivity index (χ2n) is 15.1. The lowest BCUT2D eigenvalue weighted by molar-refractivity contribution is 0.0984. The highest BCUT2D eigenvalue weighted by atomic mass is 16.5. The number of carbonyl (C=O) groups is 1. The molecule has 9 rings (SSSR count). The van der Waals surface area contributed by atoms with Crippen LogP contribution in [0.4, 0.5) is 5.69 Å². The number of anilines is 1. The van der Waals surface area contributed by atoms with Crippen LogP contribution in [0.1, 0.15) is 45.8 Å². The minimum atomic E-state index is -0.0414. The Morgan fingerprint density at radius 1 is 0.603 bits per heavy atom. The maximum Gasteiger partial charge on any atom is 0.258 e. The predicted molar refractivity (Wildman–Crippen MR) is 232 cm³/mol. The highest BCUT2D eigenvalue weighted by Crippen LogP contribution is 2.36. The number of ether oxygens (including phenoxy) is 2. The molecule has 58 heavy (non-hydrogen) atoms. The Kier molecular flexibility index (Phi) is 10.5. The number of carbonyl (C=O) groups excluding carboxylic acids is 1. The third-order valence-corrected chi connectivity index (χ3v) is 11.2. The van der Waals surface area contributed by atoms with Gasteiger partial charge in [-0.1, -0.05) is 84.9 Å². The zero-order valence-electron chi connectivity index (χ0n) is 32.9. The second kappa shape index (κ2) is 16.5. The van der Waals surface area contributed by atoms with Crippen LogP contribution in [-0.4, -0.2) is 51.2 Å². The van der Waals surface area contributed by atoms with Gasteiger partial charge >= 0.3 is 0 Å². The van der Waals surface area contributed by atoms with E-state index in [0.29, 0.717) is 24.9 Å². The molecule has 2 aromatic heterocycles. The molecule has 0 radical (unpaired) electrons. The Labute approximate surface area is 339 Å². The van der Waals surface area contributed by atoms with E-state index in [0.717, 1.165) is 104 Å². The summed E-state index contributed by atoms with van der Waals surface area (Å²) >= 11 is 0. The van der Waals surface area contributed by atoms with Gasteiger partial charge in [-0.05, 0) is 109 Å². The van der Waals surface area contributed by atoms with Crippen LogP contribution in [0.5, 0.6) is 11.5 Å². The molecule has 0 bridgehead atoms. The van der Waals surface area contributed by atoms with E-state index < -0.39 is 0 Å². The summed E-state index contributed by atoms with van der Waals surface area (Å²) in [5.41, 5.74) is 9.21. The highest BCUT2D eigenvalue weighted by molar-refractivity contribution is 6.08. The number of furan rings is 2. The average molecular weight is 767 g/mol. The minimum absolute atomic E-state index is 0.0414. The van der Waals surface area contributed by atoms with Gasteiger partial charge in [0.05, 0.1) is 14.2 Å². The van der Waals surface area contributed by atoms with Crippen LogP contribution in [0.15, 0.2) is 154 Å². The molecule has 1 amide bonds. The number of hydrogen-bond donors (Lipinski definition) is 0. The smallest absolute Gasteiger partial charge is 0.258 e. The van der Waals surface area contributed by atoms with Crippen LogP contribution < -0.4 is 14.4 Å². The Balaban J connectivity index is 1.02. The van der Waals surface area contributed by atoms with Crippen molar-refractivity contribution in [1.29, 1.82) is 0 Å². The number of fused-ring (bicyclic) bond motifs is 2. The SMILES string of the molecule is COc1cccc(Cc2cc3cccc(-c4cccc(C(=O)N(CCN5CCCC5)c5cccc(-c6cccc7cc(Cc8cccc(OC)c8)oc67)c5)c4)c3o2)c1. The molecule has 1 aliphatic heterocycles. The first-order valence-electron chi connectivity index (χ1n) is 20.0. The number of methoxy groups -OCH3 is 2. The van der Waals surface area contributed by atoms with E-state index in [2.05, 4.69) is 77.7 Å². The van der Waals surface area contributed by atoms with E-state index in [-0.39, 0.29) is 5.91 Å². The summed E-state index contributed by atoms with van der Waals surface area (Å²) < 4.78 is 23.9. The molecule has 0 spiro atoms. The van der Waals surface area contributed by atoms with Crippen LogP contribution >= 0.6 is 0 Å². The molecule has 0 unspecified atom stereocenters. The normalized spacial score (nSPS) is 13.0. The summed E-state index contributed by atoms with van der Waals surface area (Å²) in [6.45, 7) is 3.49. The molecule has 290 valence electrons. The maximum absolute atomic E-state index is 14.8. The van der Waals surface area contributed by atoms with Gasteiger partial charge in [-0.15, -0.1) is 0 Å². The molecular weight excluding hydrogens is 721 g/mol. The quantitative estimate of drug-likeness (QED) is 0.116. The van der Waals surface area contributed by atoms with Gasteiger partial charge in [0, 0.05) is 59.1 Å². The van der Waals surface area contributed by atoms with Gasteiger partial charge in [0.2, 0.25) is 0 Å². The molecule has 1 fully saturated rings. The van der Waals surface area contributed by atoms with Crippen molar-refractivity contribution < 1.29 is 23.1 Å². The van der Waals surface area contributed by atoms with E-state index >= 15 is 0 Å². The van der Waals surface area contributed by atoms with Gasteiger partial charge in [-0.25, -0.2) is 0 Å². The van der Waals surface area contributed by atoms with E-state index in [4.69, 9.17) is 18.3 Å². The fraction of sp³-hybridized carbons (Fsp3) is 0.196. The molecule has 7 heteroatoms.